The number of rotatable bonds is 49. The summed E-state index contributed by atoms with van der Waals surface area (Å²) in [5, 5.41) is 54.0. The molecule has 9 heteroatoms. The smallest absolute Gasteiger partial charge is 0.220 e. The van der Waals surface area contributed by atoms with Gasteiger partial charge in [-0.3, -0.25) is 4.79 Å². The van der Waals surface area contributed by atoms with Crippen molar-refractivity contribution in [2.75, 3.05) is 13.2 Å². The minimum atomic E-state index is -1.56. The minimum Gasteiger partial charge on any atom is -0.394 e. The molecule has 0 spiro atoms. The summed E-state index contributed by atoms with van der Waals surface area (Å²) >= 11 is 0. The van der Waals surface area contributed by atoms with Crippen molar-refractivity contribution in [3.8, 4) is 0 Å². The summed E-state index contributed by atoms with van der Waals surface area (Å²) in [7, 11) is 0. The highest BCUT2D eigenvalue weighted by Gasteiger charge is 2.44. The van der Waals surface area contributed by atoms with Crippen LogP contribution >= 0.6 is 0 Å². The second-order valence-electron chi connectivity index (χ2n) is 20.1. The molecule has 0 aromatic carbocycles. The van der Waals surface area contributed by atoms with E-state index in [1.165, 1.54) is 205 Å². The van der Waals surface area contributed by atoms with Crippen LogP contribution in [-0.2, 0) is 14.3 Å². The monoisotopic (exact) mass is 948 g/mol. The Balaban J connectivity index is 1.98. The predicted molar refractivity (Wildman–Crippen MR) is 281 cm³/mol. The van der Waals surface area contributed by atoms with E-state index in [4.69, 9.17) is 9.47 Å². The van der Waals surface area contributed by atoms with Crippen LogP contribution < -0.4 is 5.32 Å². The highest BCUT2D eigenvalue weighted by molar-refractivity contribution is 5.76. The Labute approximate surface area is 412 Å². The van der Waals surface area contributed by atoms with Crippen molar-refractivity contribution in [1.82, 2.24) is 5.32 Å². The van der Waals surface area contributed by atoms with Crippen LogP contribution in [0.1, 0.15) is 271 Å². The van der Waals surface area contributed by atoms with Crippen LogP contribution in [-0.4, -0.2) is 87.5 Å². The summed E-state index contributed by atoms with van der Waals surface area (Å²) in [6.07, 6.45) is 55.6. The largest absolute Gasteiger partial charge is 0.394 e. The van der Waals surface area contributed by atoms with E-state index >= 15 is 0 Å². The summed E-state index contributed by atoms with van der Waals surface area (Å²) in [6, 6.07) is -0.799. The van der Waals surface area contributed by atoms with Crippen molar-refractivity contribution in [3.05, 3.63) is 36.5 Å². The van der Waals surface area contributed by atoms with Crippen LogP contribution in [0.4, 0.5) is 0 Å². The van der Waals surface area contributed by atoms with E-state index in [1.54, 1.807) is 6.08 Å². The fourth-order valence-electron chi connectivity index (χ4n) is 9.13. The van der Waals surface area contributed by atoms with Crippen LogP contribution in [0.25, 0.3) is 0 Å². The van der Waals surface area contributed by atoms with Crippen LogP contribution in [0, 0.1) is 0 Å². The lowest BCUT2D eigenvalue weighted by Gasteiger charge is -2.40. The van der Waals surface area contributed by atoms with Gasteiger partial charge in [0, 0.05) is 6.42 Å². The number of aliphatic hydroxyl groups excluding tert-OH is 5. The molecular weight excluding hydrogens is 839 g/mol. The van der Waals surface area contributed by atoms with Crippen LogP contribution in [0.3, 0.4) is 0 Å². The van der Waals surface area contributed by atoms with Crippen LogP contribution in [0.15, 0.2) is 36.5 Å². The standard InChI is InChI=1S/C58H109NO8/c1-3-5-7-9-11-12-13-14-15-16-17-18-19-20-21-22-23-24-25-26-27-28-29-30-31-32-33-34-35-36-37-38-39-40-42-44-46-48-54(62)59-51(52(61)47-45-43-41-10-8-6-4-2)50-66-58-57(65)56(64)55(63)53(49-60)67-58/h13-14,16-17,45,47,51-53,55-58,60-61,63-65H,3-12,15,18-44,46,48-50H2,1-2H3,(H,59,62)/b14-13-,17-16-,47-45+. The summed E-state index contributed by atoms with van der Waals surface area (Å²) in [4.78, 5) is 12.9. The number of allylic oxidation sites excluding steroid dienone is 5. The van der Waals surface area contributed by atoms with Crippen LogP contribution in [0.2, 0.25) is 0 Å². The molecule has 1 amide bonds. The molecule has 1 fully saturated rings. The van der Waals surface area contributed by atoms with Gasteiger partial charge in [-0.15, -0.1) is 0 Å². The molecule has 67 heavy (non-hydrogen) atoms. The molecule has 1 heterocycles. The van der Waals surface area contributed by atoms with Gasteiger partial charge in [0.15, 0.2) is 6.29 Å². The highest BCUT2D eigenvalue weighted by Crippen LogP contribution is 2.23. The number of carbonyl (C=O) groups is 1. The Bertz CT molecular complexity index is 1150. The van der Waals surface area contributed by atoms with Gasteiger partial charge < -0.3 is 40.3 Å². The number of unbranched alkanes of at least 4 members (excludes halogenated alkanes) is 35. The molecule has 0 aromatic rings. The number of hydrogen-bond donors (Lipinski definition) is 6. The van der Waals surface area contributed by atoms with E-state index in [9.17, 15) is 30.3 Å². The lowest BCUT2D eigenvalue weighted by atomic mass is 9.99. The second kappa shape index (κ2) is 48.1. The number of aliphatic hydroxyl groups is 5. The number of carbonyl (C=O) groups excluding carboxylic acids is 1. The van der Waals surface area contributed by atoms with Gasteiger partial charge >= 0.3 is 0 Å². The second-order valence-corrected chi connectivity index (χ2v) is 20.1. The Morgan fingerprint density at radius 2 is 0.881 bits per heavy atom. The van der Waals surface area contributed by atoms with Gasteiger partial charge in [0.2, 0.25) is 5.91 Å². The van der Waals surface area contributed by atoms with E-state index < -0.39 is 49.5 Å². The molecule has 0 aromatic heterocycles. The number of hydrogen-bond acceptors (Lipinski definition) is 8. The van der Waals surface area contributed by atoms with Gasteiger partial charge in [-0.25, -0.2) is 0 Å². The molecule has 1 aliphatic heterocycles. The van der Waals surface area contributed by atoms with Crippen molar-refractivity contribution >= 4 is 5.91 Å². The fraction of sp³-hybridized carbons (Fsp3) is 0.879. The maximum Gasteiger partial charge on any atom is 0.220 e. The topological polar surface area (TPSA) is 149 Å². The summed E-state index contributed by atoms with van der Waals surface area (Å²) in [5.41, 5.74) is 0. The Kier molecular flexibility index (Phi) is 45.5. The first-order valence-corrected chi connectivity index (χ1v) is 28.7. The van der Waals surface area contributed by atoms with E-state index in [-0.39, 0.29) is 12.5 Å². The lowest BCUT2D eigenvalue weighted by molar-refractivity contribution is -0.302. The molecule has 394 valence electrons. The summed E-state index contributed by atoms with van der Waals surface area (Å²) < 4.78 is 11.2. The Morgan fingerprint density at radius 1 is 0.507 bits per heavy atom. The molecular formula is C58H109NO8. The SMILES string of the molecule is CCCCCCC/C=C\C/C=C\CCCCCCCCCCCCCCCCCCCCCCCCCCCC(=O)NC(COC1OC(CO)C(O)C(O)C1O)C(O)/C=C/CCCCCCC. The molecule has 1 rings (SSSR count). The molecule has 0 radical (unpaired) electrons. The first-order valence-electron chi connectivity index (χ1n) is 28.7. The zero-order chi connectivity index (χ0) is 48.7. The molecule has 0 bridgehead atoms. The zero-order valence-electron chi connectivity index (χ0n) is 43.7. The third-order valence-corrected chi connectivity index (χ3v) is 13.7. The normalized spacial score (nSPS) is 19.9. The summed E-state index contributed by atoms with van der Waals surface area (Å²) in [6.45, 7) is 3.71. The summed E-state index contributed by atoms with van der Waals surface area (Å²) in [5.74, 6) is -0.177. The lowest BCUT2D eigenvalue weighted by Crippen LogP contribution is -2.60. The van der Waals surface area contributed by atoms with Crippen molar-refractivity contribution in [3.63, 3.8) is 0 Å². The average Bonchev–Trinajstić information content (AvgIpc) is 3.33. The highest BCUT2D eigenvalue weighted by atomic mass is 16.7. The van der Waals surface area contributed by atoms with E-state index in [0.717, 1.165) is 44.9 Å². The maximum atomic E-state index is 12.9. The van der Waals surface area contributed by atoms with Crippen molar-refractivity contribution < 1.29 is 39.8 Å². The predicted octanol–water partition coefficient (Wildman–Crippen LogP) is 14.0. The van der Waals surface area contributed by atoms with Gasteiger partial charge in [-0.05, 0) is 51.4 Å². The third kappa shape index (κ3) is 37.9. The van der Waals surface area contributed by atoms with Gasteiger partial charge in [0.05, 0.1) is 25.4 Å². The number of amides is 1. The molecule has 1 aliphatic rings. The first kappa shape index (κ1) is 63.4. The number of nitrogens with one attached hydrogen (secondary N) is 1. The first-order chi connectivity index (χ1) is 32.8. The van der Waals surface area contributed by atoms with E-state index in [0.29, 0.717) is 6.42 Å². The average molecular weight is 949 g/mol. The van der Waals surface area contributed by atoms with Gasteiger partial charge in [-0.1, -0.05) is 249 Å². The molecule has 0 aliphatic carbocycles. The third-order valence-electron chi connectivity index (χ3n) is 13.7. The molecule has 9 nitrogen and oxygen atoms in total. The van der Waals surface area contributed by atoms with Gasteiger partial charge in [-0.2, -0.15) is 0 Å². The molecule has 7 atom stereocenters. The quantitative estimate of drug-likeness (QED) is 0.0261. The van der Waals surface area contributed by atoms with Gasteiger partial charge in [0.25, 0.3) is 0 Å². The maximum absolute atomic E-state index is 12.9. The van der Waals surface area contributed by atoms with E-state index in [2.05, 4.69) is 43.5 Å². The molecule has 6 N–H and O–H groups in total. The van der Waals surface area contributed by atoms with E-state index in [1.807, 2.05) is 6.08 Å². The van der Waals surface area contributed by atoms with Crippen molar-refractivity contribution in [1.29, 1.82) is 0 Å². The van der Waals surface area contributed by atoms with Crippen molar-refractivity contribution in [2.24, 2.45) is 0 Å². The van der Waals surface area contributed by atoms with Crippen molar-refractivity contribution in [2.45, 2.75) is 314 Å². The van der Waals surface area contributed by atoms with Crippen LogP contribution in [0.5, 0.6) is 0 Å². The molecule has 0 saturated carbocycles. The Hall–Kier alpha value is -1.59. The van der Waals surface area contributed by atoms with Gasteiger partial charge in [0.1, 0.15) is 24.4 Å². The molecule has 7 unspecified atom stereocenters. The zero-order valence-corrected chi connectivity index (χ0v) is 43.7. The fourth-order valence-corrected chi connectivity index (χ4v) is 9.13. The minimum absolute atomic E-state index is 0.177. The molecule has 1 saturated heterocycles. The number of ether oxygens (including phenoxy) is 2. The Morgan fingerprint density at radius 3 is 1.28 bits per heavy atom.